The number of aryl methyl sites for hydroxylation is 1. The second-order valence-electron chi connectivity index (χ2n) is 4.56. The van der Waals surface area contributed by atoms with E-state index in [-0.39, 0.29) is 0 Å². The van der Waals surface area contributed by atoms with Gasteiger partial charge in [0.25, 0.3) is 0 Å². The number of hydrogen-bond donors (Lipinski definition) is 0. The topological polar surface area (TPSA) is 38.2 Å². The molecule has 96 valence electrons. The highest BCUT2D eigenvalue weighted by Gasteiger charge is 2.08. The van der Waals surface area contributed by atoms with Crippen molar-refractivity contribution in [3.8, 4) is 5.75 Å². The Labute approximate surface area is 108 Å². The number of nitrogens with zero attached hydrogens (tertiary/aromatic N) is 3. The first-order chi connectivity index (χ1) is 8.63. The van der Waals surface area contributed by atoms with E-state index in [0.717, 1.165) is 41.1 Å². The molecule has 0 unspecified atom stereocenters. The zero-order valence-electron chi connectivity index (χ0n) is 11.4. The SMILES string of the molecule is CCc1nc(CN(C)C)nc2cc(OC)ccc12. The van der Waals surface area contributed by atoms with Crippen molar-refractivity contribution < 1.29 is 4.74 Å². The summed E-state index contributed by atoms with van der Waals surface area (Å²) in [6, 6.07) is 5.96. The molecule has 0 radical (unpaired) electrons. The maximum atomic E-state index is 5.25. The molecule has 0 aliphatic carbocycles. The Hall–Kier alpha value is -1.68. The van der Waals surface area contributed by atoms with E-state index in [1.807, 2.05) is 32.3 Å². The Balaban J connectivity index is 2.56. The van der Waals surface area contributed by atoms with Crippen molar-refractivity contribution >= 4 is 10.9 Å². The molecule has 0 atom stereocenters. The molecule has 0 aliphatic heterocycles. The molecular weight excluding hydrogens is 226 g/mol. The number of hydrogen-bond acceptors (Lipinski definition) is 4. The predicted molar refractivity (Wildman–Crippen MR) is 72.9 cm³/mol. The molecule has 1 aromatic carbocycles. The number of fused-ring (bicyclic) bond motifs is 1. The third-order valence-electron chi connectivity index (χ3n) is 2.82. The van der Waals surface area contributed by atoms with Gasteiger partial charge in [0.05, 0.1) is 24.9 Å². The van der Waals surface area contributed by atoms with Crippen molar-refractivity contribution in [2.24, 2.45) is 0 Å². The molecule has 0 N–H and O–H groups in total. The molecular formula is C14H19N3O. The number of methoxy groups -OCH3 is 1. The first-order valence-corrected chi connectivity index (χ1v) is 6.12. The first kappa shape index (κ1) is 12.8. The van der Waals surface area contributed by atoms with Gasteiger partial charge in [0, 0.05) is 11.5 Å². The summed E-state index contributed by atoms with van der Waals surface area (Å²) in [6.45, 7) is 2.87. The van der Waals surface area contributed by atoms with Crippen LogP contribution in [0.2, 0.25) is 0 Å². The molecule has 1 aromatic heterocycles. The lowest BCUT2D eigenvalue weighted by atomic mass is 10.1. The van der Waals surface area contributed by atoms with Gasteiger partial charge in [0.1, 0.15) is 11.6 Å². The van der Waals surface area contributed by atoms with E-state index in [1.165, 1.54) is 0 Å². The molecule has 0 saturated carbocycles. The second kappa shape index (κ2) is 5.31. The minimum Gasteiger partial charge on any atom is -0.497 e. The van der Waals surface area contributed by atoms with Gasteiger partial charge in [-0.1, -0.05) is 6.92 Å². The van der Waals surface area contributed by atoms with Gasteiger partial charge in [-0.2, -0.15) is 0 Å². The summed E-state index contributed by atoms with van der Waals surface area (Å²) < 4.78 is 5.25. The lowest BCUT2D eigenvalue weighted by Gasteiger charge is -2.11. The first-order valence-electron chi connectivity index (χ1n) is 6.12. The summed E-state index contributed by atoms with van der Waals surface area (Å²) in [5.74, 6) is 1.69. The Morgan fingerprint density at radius 1 is 1.22 bits per heavy atom. The fourth-order valence-corrected chi connectivity index (χ4v) is 1.98. The molecule has 4 heteroatoms. The van der Waals surface area contributed by atoms with Gasteiger partial charge >= 0.3 is 0 Å². The van der Waals surface area contributed by atoms with Gasteiger partial charge in [-0.25, -0.2) is 9.97 Å². The lowest BCUT2D eigenvalue weighted by molar-refractivity contribution is 0.390. The molecule has 0 bridgehead atoms. The second-order valence-corrected chi connectivity index (χ2v) is 4.56. The molecule has 2 aromatic rings. The zero-order chi connectivity index (χ0) is 13.1. The number of aromatic nitrogens is 2. The normalized spacial score (nSPS) is 11.2. The van der Waals surface area contributed by atoms with E-state index in [4.69, 9.17) is 4.74 Å². The molecule has 2 rings (SSSR count). The summed E-state index contributed by atoms with van der Waals surface area (Å²) in [7, 11) is 5.71. The van der Waals surface area contributed by atoms with Crippen molar-refractivity contribution in [2.75, 3.05) is 21.2 Å². The average molecular weight is 245 g/mol. The fraction of sp³-hybridized carbons (Fsp3) is 0.429. The standard InChI is InChI=1S/C14H19N3O/c1-5-12-11-7-6-10(18-4)8-13(11)16-14(15-12)9-17(2)3/h6-8H,5,9H2,1-4H3. The highest BCUT2D eigenvalue weighted by atomic mass is 16.5. The third kappa shape index (κ3) is 2.59. The summed E-state index contributed by atoms with van der Waals surface area (Å²) in [5.41, 5.74) is 2.05. The highest BCUT2D eigenvalue weighted by molar-refractivity contribution is 5.82. The summed E-state index contributed by atoms with van der Waals surface area (Å²) >= 11 is 0. The van der Waals surface area contributed by atoms with Crippen molar-refractivity contribution in [1.29, 1.82) is 0 Å². The smallest absolute Gasteiger partial charge is 0.143 e. The van der Waals surface area contributed by atoms with Crippen LogP contribution in [0.5, 0.6) is 5.75 Å². The van der Waals surface area contributed by atoms with Crippen molar-refractivity contribution in [3.05, 3.63) is 29.7 Å². The van der Waals surface area contributed by atoms with Crippen LogP contribution in [-0.4, -0.2) is 36.1 Å². The van der Waals surface area contributed by atoms with Crippen LogP contribution in [0.4, 0.5) is 0 Å². The van der Waals surface area contributed by atoms with Crippen LogP contribution < -0.4 is 4.74 Å². The molecule has 0 saturated heterocycles. The van der Waals surface area contributed by atoms with Gasteiger partial charge in [0.15, 0.2) is 0 Å². The van der Waals surface area contributed by atoms with Gasteiger partial charge in [0.2, 0.25) is 0 Å². The van der Waals surface area contributed by atoms with Gasteiger partial charge in [-0.05, 0) is 32.6 Å². The van der Waals surface area contributed by atoms with Crippen LogP contribution in [0.15, 0.2) is 18.2 Å². The van der Waals surface area contributed by atoms with Crippen LogP contribution in [-0.2, 0) is 13.0 Å². The molecule has 18 heavy (non-hydrogen) atoms. The van der Waals surface area contributed by atoms with Crippen LogP contribution in [0.3, 0.4) is 0 Å². The van der Waals surface area contributed by atoms with Crippen LogP contribution >= 0.6 is 0 Å². The molecule has 0 fully saturated rings. The molecule has 0 aliphatic rings. The van der Waals surface area contributed by atoms with Crippen molar-refractivity contribution in [3.63, 3.8) is 0 Å². The average Bonchev–Trinajstić information content (AvgIpc) is 2.36. The van der Waals surface area contributed by atoms with E-state index in [2.05, 4.69) is 21.8 Å². The Morgan fingerprint density at radius 3 is 2.61 bits per heavy atom. The van der Waals surface area contributed by atoms with Gasteiger partial charge in [-0.3, -0.25) is 0 Å². The van der Waals surface area contributed by atoms with Gasteiger partial charge in [-0.15, -0.1) is 0 Å². The predicted octanol–water partition coefficient (Wildman–Crippen LogP) is 2.26. The maximum absolute atomic E-state index is 5.25. The number of rotatable bonds is 4. The summed E-state index contributed by atoms with van der Waals surface area (Å²) in [5, 5.41) is 1.11. The number of benzene rings is 1. The zero-order valence-corrected chi connectivity index (χ0v) is 11.4. The third-order valence-corrected chi connectivity index (χ3v) is 2.82. The van der Waals surface area contributed by atoms with Crippen LogP contribution in [0, 0.1) is 0 Å². The fourth-order valence-electron chi connectivity index (χ4n) is 1.98. The van der Waals surface area contributed by atoms with E-state index in [9.17, 15) is 0 Å². The quantitative estimate of drug-likeness (QED) is 0.828. The molecule has 0 spiro atoms. The van der Waals surface area contributed by atoms with E-state index >= 15 is 0 Å². The van der Waals surface area contributed by atoms with Crippen molar-refractivity contribution in [1.82, 2.24) is 14.9 Å². The van der Waals surface area contributed by atoms with Gasteiger partial charge < -0.3 is 9.64 Å². The molecule has 1 heterocycles. The Bertz CT molecular complexity index is 552. The Morgan fingerprint density at radius 2 is 2.00 bits per heavy atom. The van der Waals surface area contributed by atoms with E-state index < -0.39 is 0 Å². The summed E-state index contributed by atoms with van der Waals surface area (Å²) in [4.78, 5) is 11.3. The largest absolute Gasteiger partial charge is 0.497 e. The minimum absolute atomic E-state index is 0.750. The van der Waals surface area contributed by atoms with Crippen LogP contribution in [0.25, 0.3) is 10.9 Å². The molecule has 0 amide bonds. The highest BCUT2D eigenvalue weighted by Crippen LogP contribution is 2.22. The minimum atomic E-state index is 0.750. The molecule has 4 nitrogen and oxygen atoms in total. The van der Waals surface area contributed by atoms with Crippen molar-refractivity contribution in [2.45, 2.75) is 19.9 Å². The van der Waals surface area contributed by atoms with Crippen LogP contribution in [0.1, 0.15) is 18.4 Å². The lowest BCUT2D eigenvalue weighted by Crippen LogP contribution is -2.14. The Kier molecular flexibility index (Phi) is 3.77. The van der Waals surface area contributed by atoms with E-state index in [1.54, 1.807) is 7.11 Å². The number of ether oxygens (including phenoxy) is 1. The van der Waals surface area contributed by atoms with E-state index in [0.29, 0.717) is 0 Å². The monoisotopic (exact) mass is 245 g/mol. The maximum Gasteiger partial charge on any atom is 0.143 e. The summed E-state index contributed by atoms with van der Waals surface area (Å²) in [6.07, 6.45) is 0.909.